The monoisotopic (exact) mass is 304 g/mol. The summed E-state index contributed by atoms with van der Waals surface area (Å²) < 4.78 is 0. The molecular weight excluding hydrogens is 280 g/mol. The summed E-state index contributed by atoms with van der Waals surface area (Å²) in [7, 11) is 0. The number of hydrogen-bond acceptors (Lipinski definition) is 3. The first kappa shape index (κ1) is 16.5. The molecule has 0 bridgehead atoms. The number of amides is 2. The molecule has 2 N–H and O–H groups in total. The molecule has 0 aromatic heterocycles. The van der Waals surface area contributed by atoms with Gasteiger partial charge in [-0.2, -0.15) is 0 Å². The molecule has 1 atom stereocenters. The van der Waals surface area contributed by atoms with E-state index >= 15 is 0 Å². The van der Waals surface area contributed by atoms with Crippen molar-refractivity contribution in [1.29, 1.82) is 0 Å². The number of hydroxylamine groups is 1. The fourth-order valence-corrected chi connectivity index (χ4v) is 3.26. The van der Waals surface area contributed by atoms with Crippen molar-refractivity contribution in [3.63, 3.8) is 0 Å². The largest absolute Gasteiger partial charge is 0.343 e. The van der Waals surface area contributed by atoms with Crippen LogP contribution in [0.25, 0.3) is 0 Å². The Hall–Kier alpha value is -1.88. The Labute approximate surface area is 131 Å². The second kappa shape index (κ2) is 6.48. The van der Waals surface area contributed by atoms with Gasteiger partial charge in [0.15, 0.2) is 0 Å². The number of nitrogens with one attached hydrogen (secondary N) is 1. The molecule has 2 amide bonds. The highest BCUT2D eigenvalue weighted by molar-refractivity contribution is 5.93. The fraction of sp³-hybridized carbons (Fsp3) is 0.529. The molecular formula is C17H24N2O3. The summed E-state index contributed by atoms with van der Waals surface area (Å²) in [5.74, 6) is -0.366. The molecule has 0 fully saturated rings. The Kier molecular flexibility index (Phi) is 4.86. The van der Waals surface area contributed by atoms with E-state index in [1.807, 2.05) is 24.0 Å². The van der Waals surface area contributed by atoms with Gasteiger partial charge in [0.1, 0.15) is 0 Å². The first-order chi connectivity index (χ1) is 10.4. The molecule has 1 unspecified atom stereocenters. The zero-order chi connectivity index (χ0) is 16.3. The summed E-state index contributed by atoms with van der Waals surface area (Å²) >= 11 is 0. The zero-order valence-corrected chi connectivity index (χ0v) is 13.5. The van der Waals surface area contributed by atoms with E-state index in [9.17, 15) is 9.59 Å². The SMILES string of the molecule is CCN(CC1(C)CCc2cc(C(=O)NO)ccc2C1)C(C)=O. The highest BCUT2D eigenvalue weighted by atomic mass is 16.5. The second-order valence-electron chi connectivity index (χ2n) is 6.45. The van der Waals surface area contributed by atoms with Crippen molar-refractivity contribution in [2.75, 3.05) is 13.1 Å². The van der Waals surface area contributed by atoms with Crippen LogP contribution in [-0.4, -0.2) is 35.0 Å². The van der Waals surface area contributed by atoms with Gasteiger partial charge in [0.05, 0.1) is 0 Å². The number of carbonyl (C=O) groups is 2. The number of rotatable bonds is 4. The van der Waals surface area contributed by atoms with Gasteiger partial charge in [-0.1, -0.05) is 13.0 Å². The number of nitrogens with zero attached hydrogens (tertiary/aromatic N) is 1. The molecule has 0 spiro atoms. The average Bonchev–Trinajstić information content (AvgIpc) is 2.51. The van der Waals surface area contributed by atoms with Crippen LogP contribution in [0.2, 0.25) is 0 Å². The summed E-state index contributed by atoms with van der Waals surface area (Å²) in [6.45, 7) is 7.32. The van der Waals surface area contributed by atoms with Gasteiger partial charge in [0, 0.05) is 25.6 Å². The number of fused-ring (bicyclic) bond motifs is 1. The molecule has 5 heteroatoms. The molecule has 2 rings (SSSR count). The van der Waals surface area contributed by atoms with Crippen LogP contribution in [0.5, 0.6) is 0 Å². The van der Waals surface area contributed by atoms with Crippen molar-refractivity contribution in [3.05, 3.63) is 34.9 Å². The molecule has 22 heavy (non-hydrogen) atoms. The second-order valence-corrected chi connectivity index (χ2v) is 6.45. The van der Waals surface area contributed by atoms with Gasteiger partial charge < -0.3 is 4.90 Å². The van der Waals surface area contributed by atoms with Gasteiger partial charge >= 0.3 is 0 Å². The standard InChI is InChI=1S/C17H24N2O3/c1-4-19(12(2)20)11-17(3)8-7-13-9-14(16(21)18-22)5-6-15(13)10-17/h5-6,9,22H,4,7-8,10-11H2,1-3H3,(H,18,21). The van der Waals surface area contributed by atoms with E-state index < -0.39 is 5.91 Å². The Balaban J connectivity index is 2.17. The summed E-state index contributed by atoms with van der Waals surface area (Å²) in [5, 5.41) is 8.72. The van der Waals surface area contributed by atoms with Gasteiger partial charge in [0.2, 0.25) is 5.91 Å². The van der Waals surface area contributed by atoms with Crippen LogP contribution >= 0.6 is 0 Å². The van der Waals surface area contributed by atoms with Crippen LogP contribution in [0.4, 0.5) is 0 Å². The quantitative estimate of drug-likeness (QED) is 0.661. The minimum Gasteiger partial charge on any atom is -0.343 e. The molecule has 0 heterocycles. The predicted molar refractivity (Wildman–Crippen MR) is 83.8 cm³/mol. The Bertz CT molecular complexity index is 585. The van der Waals surface area contributed by atoms with E-state index in [0.29, 0.717) is 5.56 Å². The highest BCUT2D eigenvalue weighted by Gasteiger charge is 2.32. The molecule has 5 nitrogen and oxygen atoms in total. The number of carbonyl (C=O) groups excluding carboxylic acids is 2. The number of aryl methyl sites for hydroxylation is 1. The maximum atomic E-state index is 11.6. The van der Waals surface area contributed by atoms with Crippen molar-refractivity contribution < 1.29 is 14.8 Å². The first-order valence-electron chi connectivity index (χ1n) is 7.70. The molecule has 120 valence electrons. The Morgan fingerprint density at radius 2 is 2.09 bits per heavy atom. The average molecular weight is 304 g/mol. The van der Waals surface area contributed by atoms with Gasteiger partial charge in [-0.25, -0.2) is 5.48 Å². The van der Waals surface area contributed by atoms with Crippen molar-refractivity contribution in [2.24, 2.45) is 5.41 Å². The summed E-state index contributed by atoms with van der Waals surface area (Å²) in [6, 6.07) is 5.54. The van der Waals surface area contributed by atoms with E-state index in [2.05, 4.69) is 6.92 Å². The summed E-state index contributed by atoms with van der Waals surface area (Å²) in [4.78, 5) is 25.0. The van der Waals surface area contributed by atoms with E-state index in [1.54, 1.807) is 18.5 Å². The maximum Gasteiger partial charge on any atom is 0.274 e. The van der Waals surface area contributed by atoms with Crippen LogP contribution in [0.15, 0.2) is 18.2 Å². The van der Waals surface area contributed by atoms with Crippen molar-refractivity contribution >= 4 is 11.8 Å². The molecule has 1 aliphatic carbocycles. The normalized spacial score (nSPS) is 20.2. The molecule has 1 aromatic carbocycles. The van der Waals surface area contributed by atoms with Crippen molar-refractivity contribution in [3.8, 4) is 0 Å². The van der Waals surface area contributed by atoms with E-state index in [4.69, 9.17) is 5.21 Å². The van der Waals surface area contributed by atoms with Crippen LogP contribution in [0, 0.1) is 5.41 Å². The van der Waals surface area contributed by atoms with Crippen molar-refractivity contribution in [2.45, 2.75) is 40.0 Å². The lowest BCUT2D eigenvalue weighted by Crippen LogP contribution is -2.41. The summed E-state index contributed by atoms with van der Waals surface area (Å²) in [5.41, 5.74) is 4.59. The maximum absolute atomic E-state index is 11.6. The minimum absolute atomic E-state index is 0.0649. The smallest absolute Gasteiger partial charge is 0.274 e. The minimum atomic E-state index is -0.482. The predicted octanol–water partition coefficient (Wildman–Crippen LogP) is 2.17. The molecule has 1 aliphatic rings. The third-order valence-electron chi connectivity index (χ3n) is 4.58. The van der Waals surface area contributed by atoms with Crippen LogP contribution in [0.3, 0.4) is 0 Å². The van der Waals surface area contributed by atoms with Crippen molar-refractivity contribution in [1.82, 2.24) is 10.4 Å². The zero-order valence-electron chi connectivity index (χ0n) is 13.5. The molecule has 1 aromatic rings. The first-order valence-corrected chi connectivity index (χ1v) is 7.70. The molecule has 0 aliphatic heterocycles. The van der Waals surface area contributed by atoms with Crippen LogP contribution < -0.4 is 5.48 Å². The van der Waals surface area contributed by atoms with Gasteiger partial charge in [-0.15, -0.1) is 0 Å². The Morgan fingerprint density at radius 3 is 2.68 bits per heavy atom. The topological polar surface area (TPSA) is 69.6 Å². The van der Waals surface area contributed by atoms with Gasteiger partial charge in [-0.05, 0) is 54.9 Å². The highest BCUT2D eigenvalue weighted by Crippen LogP contribution is 2.36. The lowest BCUT2D eigenvalue weighted by molar-refractivity contribution is -0.130. The lowest BCUT2D eigenvalue weighted by Gasteiger charge is -2.38. The number of benzene rings is 1. The molecule has 0 saturated heterocycles. The van der Waals surface area contributed by atoms with Crippen LogP contribution in [0.1, 0.15) is 48.7 Å². The van der Waals surface area contributed by atoms with E-state index in [1.165, 1.54) is 5.56 Å². The van der Waals surface area contributed by atoms with Gasteiger partial charge in [0.25, 0.3) is 5.91 Å². The van der Waals surface area contributed by atoms with Crippen LogP contribution in [-0.2, 0) is 17.6 Å². The molecule has 0 saturated carbocycles. The molecule has 0 radical (unpaired) electrons. The Morgan fingerprint density at radius 1 is 1.36 bits per heavy atom. The third kappa shape index (κ3) is 3.47. The summed E-state index contributed by atoms with van der Waals surface area (Å²) in [6.07, 6.45) is 2.76. The number of hydrogen-bond donors (Lipinski definition) is 2. The lowest BCUT2D eigenvalue weighted by atomic mass is 9.72. The third-order valence-corrected chi connectivity index (χ3v) is 4.58. The van der Waals surface area contributed by atoms with E-state index in [-0.39, 0.29) is 11.3 Å². The fourth-order valence-electron chi connectivity index (χ4n) is 3.26. The van der Waals surface area contributed by atoms with E-state index in [0.717, 1.165) is 37.9 Å². The van der Waals surface area contributed by atoms with Gasteiger partial charge in [-0.3, -0.25) is 14.8 Å².